The third-order valence-corrected chi connectivity index (χ3v) is 7.92. The molecule has 1 saturated carbocycles. The van der Waals surface area contributed by atoms with Gasteiger partial charge < -0.3 is 14.8 Å². The highest BCUT2D eigenvalue weighted by atomic mass is 32.1. The van der Waals surface area contributed by atoms with E-state index >= 15 is 0 Å². The standard InChI is InChI=1S/C25H29N3O2S/c1-17-8-6-7-9-18(17)15-28-23(29)21-14-22-20(12-13-31-22)27(21)16-25(28,2)24(30)26-19-10-4-3-5-11-19/h6-9,12-14,19H,3-5,10-11,15-16H2,1-2H3,(H,26,30)/t25-/m1/s1. The summed E-state index contributed by atoms with van der Waals surface area (Å²) in [5.41, 5.74) is 2.98. The van der Waals surface area contributed by atoms with Crippen LogP contribution in [0, 0.1) is 6.92 Å². The average molecular weight is 436 g/mol. The number of amides is 2. The summed E-state index contributed by atoms with van der Waals surface area (Å²) in [5.74, 6) is -0.108. The highest BCUT2D eigenvalue weighted by Gasteiger charge is 2.48. The van der Waals surface area contributed by atoms with Gasteiger partial charge in [0, 0.05) is 12.6 Å². The first kappa shape index (κ1) is 20.3. The second-order valence-corrected chi connectivity index (χ2v) is 10.1. The van der Waals surface area contributed by atoms with Crippen molar-refractivity contribution in [1.82, 2.24) is 14.8 Å². The number of hydrogen-bond acceptors (Lipinski definition) is 3. The summed E-state index contributed by atoms with van der Waals surface area (Å²) in [6.45, 7) is 4.89. The molecule has 1 aliphatic carbocycles. The van der Waals surface area contributed by atoms with Gasteiger partial charge in [-0.3, -0.25) is 9.59 Å². The zero-order chi connectivity index (χ0) is 21.6. The summed E-state index contributed by atoms with van der Waals surface area (Å²) >= 11 is 1.64. The lowest BCUT2D eigenvalue weighted by Crippen LogP contribution is -2.64. The van der Waals surface area contributed by atoms with E-state index < -0.39 is 5.54 Å². The lowest BCUT2D eigenvalue weighted by molar-refractivity contribution is -0.134. The van der Waals surface area contributed by atoms with E-state index in [1.165, 1.54) is 6.42 Å². The highest BCUT2D eigenvalue weighted by molar-refractivity contribution is 7.17. The topological polar surface area (TPSA) is 54.3 Å². The van der Waals surface area contributed by atoms with Gasteiger partial charge in [0.2, 0.25) is 5.91 Å². The quantitative estimate of drug-likeness (QED) is 0.635. The number of thiophene rings is 1. The van der Waals surface area contributed by atoms with E-state index in [4.69, 9.17) is 0 Å². The number of benzene rings is 1. The van der Waals surface area contributed by atoms with Crippen LogP contribution in [0.2, 0.25) is 0 Å². The van der Waals surface area contributed by atoms with Crippen LogP contribution < -0.4 is 5.32 Å². The van der Waals surface area contributed by atoms with E-state index in [2.05, 4.69) is 18.3 Å². The fraction of sp³-hybridized carbons (Fsp3) is 0.440. The predicted octanol–water partition coefficient (Wildman–Crippen LogP) is 4.87. The van der Waals surface area contributed by atoms with E-state index in [9.17, 15) is 9.59 Å². The van der Waals surface area contributed by atoms with Crippen LogP contribution in [-0.2, 0) is 17.9 Å². The zero-order valence-electron chi connectivity index (χ0n) is 18.2. The minimum atomic E-state index is -0.947. The van der Waals surface area contributed by atoms with Crippen LogP contribution in [0.3, 0.4) is 0 Å². The van der Waals surface area contributed by atoms with Crippen LogP contribution >= 0.6 is 11.3 Å². The van der Waals surface area contributed by atoms with E-state index in [0.717, 1.165) is 47.0 Å². The van der Waals surface area contributed by atoms with Gasteiger partial charge in [-0.15, -0.1) is 11.3 Å². The van der Waals surface area contributed by atoms with Crippen LogP contribution in [-0.4, -0.2) is 32.9 Å². The molecule has 5 nitrogen and oxygen atoms in total. The van der Waals surface area contributed by atoms with Crippen molar-refractivity contribution in [3.63, 3.8) is 0 Å². The molecular weight excluding hydrogens is 406 g/mol. The summed E-state index contributed by atoms with van der Waals surface area (Å²) in [4.78, 5) is 29.2. The first-order valence-electron chi connectivity index (χ1n) is 11.2. The molecule has 1 fully saturated rings. The van der Waals surface area contributed by atoms with Crippen molar-refractivity contribution in [3.8, 4) is 0 Å². The van der Waals surface area contributed by atoms with Crippen LogP contribution in [0.1, 0.15) is 60.6 Å². The molecule has 0 spiro atoms. The molecule has 0 radical (unpaired) electrons. The van der Waals surface area contributed by atoms with E-state index in [1.54, 1.807) is 16.2 Å². The van der Waals surface area contributed by atoms with Crippen LogP contribution in [0.15, 0.2) is 41.8 Å². The molecule has 0 saturated heterocycles. The van der Waals surface area contributed by atoms with Gasteiger partial charge >= 0.3 is 0 Å². The monoisotopic (exact) mass is 435 g/mol. The molecule has 0 unspecified atom stereocenters. The van der Waals surface area contributed by atoms with Gasteiger partial charge in [0.15, 0.2) is 0 Å². The fourth-order valence-corrected chi connectivity index (χ4v) is 5.89. The molecule has 5 rings (SSSR count). The zero-order valence-corrected chi connectivity index (χ0v) is 19.0. The Bertz CT molecular complexity index is 1140. The predicted molar refractivity (Wildman–Crippen MR) is 124 cm³/mol. The van der Waals surface area contributed by atoms with Gasteiger partial charge in [-0.2, -0.15) is 0 Å². The number of hydrogen-bond donors (Lipinski definition) is 1. The van der Waals surface area contributed by atoms with Crippen LogP contribution in [0.25, 0.3) is 10.2 Å². The first-order valence-corrected chi connectivity index (χ1v) is 12.1. The molecule has 1 atom stereocenters. The molecule has 0 bridgehead atoms. The minimum Gasteiger partial charge on any atom is -0.351 e. The molecule has 6 heteroatoms. The number of nitrogens with one attached hydrogen (secondary N) is 1. The van der Waals surface area contributed by atoms with Crippen LogP contribution in [0.5, 0.6) is 0 Å². The molecule has 1 aliphatic heterocycles. The van der Waals surface area contributed by atoms with Crippen molar-refractivity contribution in [3.05, 3.63) is 58.6 Å². The molecule has 31 heavy (non-hydrogen) atoms. The Labute approximate surface area is 187 Å². The van der Waals surface area contributed by atoms with Gasteiger partial charge in [0.05, 0.1) is 16.8 Å². The van der Waals surface area contributed by atoms with E-state index in [-0.39, 0.29) is 17.9 Å². The second kappa shape index (κ2) is 7.83. The normalized spacial score (nSPS) is 22.0. The smallest absolute Gasteiger partial charge is 0.271 e. The van der Waals surface area contributed by atoms with Crippen molar-refractivity contribution in [2.75, 3.05) is 0 Å². The summed E-state index contributed by atoms with van der Waals surface area (Å²) < 4.78 is 3.14. The number of aryl methyl sites for hydroxylation is 1. The highest BCUT2D eigenvalue weighted by Crippen LogP contribution is 2.35. The van der Waals surface area contributed by atoms with Gasteiger partial charge in [0.1, 0.15) is 11.2 Å². The Balaban J connectivity index is 1.54. The summed E-state index contributed by atoms with van der Waals surface area (Å²) in [5, 5.41) is 5.34. The number of nitrogens with zero attached hydrogens (tertiary/aromatic N) is 2. The average Bonchev–Trinajstić information content (AvgIpc) is 3.35. The minimum absolute atomic E-state index is 0.0379. The number of carbonyl (C=O) groups is 2. The number of aromatic nitrogens is 1. The molecule has 2 aliphatic rings. The number of fused-ring (bicyclic) bond motifs is 3. The van der Waals surface area contributed by atoms with Gasteiger partial charge in [-0.25, -0.2) is 0 Å². The second-order valence-electron chi connectivity index (χ2n) is 9.19. The maximum absolute atomic E-state index is 13.7. The summed E-state index contributed by atoms with van der Waals surface area (Å²) in [6.07, 6.45) is 5.61. The fourth-order valence-electron chi connectivity index (χ4n) is 5.07. The third kappa shape index (κ3) is 3.47. The maximum Gasteiger partial charge on any atom is 0.271 e. The molecule has 1 N–H and O–H groups in total. The van der Waals surface area contributed by atoms with Gasteiger partial charge in [-0.05, 0) is 55.3 Å². The maximum atomic E-state index is 13.7. The van der Waals surface area contributed by atoms with Crippen molar-refractivity contribution in [2.45, 2.75) is 70.6 Å². The van der Waals surface area contributed by atoms with E-state index in [0.29, 0.717) is 18.8 Å². The Morgan fingerprint density at radius 3 is 2.74 bits per heavy atom. The Morgan fingerprint density at radius 1 is 1.19 bits per heavy atom. The lowest BCUT2D eigenvalue weighted by atomic mass is 9.90. The SMILES string of the molecule is Cc1ccccc1CN1C(=O)c2cc3sccc3n2C[C@]1(C)C(=O)NC1CCCCC1. The largest absolute Gasteiger partial charge is 0.351 e. The molecule has 3 heterocycles. The van der Waals surface area contributed by atoms with Crippen molar-refractivity contribution >= 4 is 33.4 Å². The molecular formula is C25H29N3O2S. The molecule has 2 aromatic heterocycles. The molecule has 2 amide bonds. The molecule has 3 aromatic rings. The Hall–Kier alpha value is -2.60. The summed E-state index contributed by atoms with van der Waals surface area (Å²) in [6, 6.07) is 12.3. The van der Waals surface area contributed by atoms with Crippen molar-refractivity contribution < 1.29 is 9.59 Å². The number of rotatable bonds is 4. The molecule has 1 aromatic carbocycles. The first-order chi connectivity index (χ1) is 15.0. The molecule has 162 valence electrons. The summed E-state index contributed by atoms with van der Waals surface area (Å²) in [7, 11) is 0. The lowest BCUT2D eigenvalue weighted by Gasteiger charge is -2.45. The van der Waals surface area contributed by atoms with Gasteiger partial charge in [-0.1, -0.05) is 43.5 Å². The van der Waals surface area contributed by atoms with E-state index in [1.807, 2.05) is 47.2 Å². The van der Waals surface area contributed by atoms with Crippen molar-refractivity contribution in [2.24, 2.45) is 0 Å². The van der Waals surface area contributed by atoms with Crippen LogP contribution in [0.4, 0.5) is 0 Å². The Kier molecular flexibility index (Phi) is 5.13. The van der Waals surface area contributed by atoms with Crippen molar-refractivity contribution in [1.29, 1.82) is 0 Å². The Morgan fingerprint density at radius 2 is 1.97 bits per heavy atom. The third-order valence-electron chi connectivity index (χ3n) is 7.07. The van der Waals surface area contributed by atoms with Gasteiger partial charge in [0.25, 0.3) is 5.91 Å². The number of carbonyl (C=O) groups excluding carboxylic acids is 2.